The van der Waals surface area contributed by atoms with E-state index in [4.69, 9.17) is 4.74 Å². The van der Waals surface area contributed by atoms with Gasteiger partial charge >= 0.3 is 6.03 Å². The van der Waals surface area contributed by atoms with E-state index < -0.39 is 0 Å². The van der Waals surface area contributed by atoms with E-state index >= 15 is 0 Å². The number of ether oxygens (including phenoxy) is 1. The molecule has 2 aromatic carbocycles. The summed E-state index contributed by atoms with van der Waals surface area (Å²) in [5, 5.41) is 5.99. The summed E-state index contributed by atoms with van der Waals surface area (Å²) in [6, 6.07) is 13.7. The summed E-state index contributed by atoms with van der Waals surface area (Å²) in [5.41, 5.74) is 2.71. The van der Waals surface area contributed by atoms with Crippen molar-refractivity contribution in [1.82, 2.24) is 15.4 Å². The van der Waals surface area contributed by atoms with Gasteiger partial charge in [0.2, 0.25) is 0 Å². The van der Waals surface area contributed by atoms with E-state index in [-0.39, 0.29) is 11.9 Å². The van der Waals surface area contributed by atoms with Crippen LogP contribution in [0.1, 0.15) is 53.6 Å². The maximum atomic E-state index is 12.4. The van der Waals surface area contributed by atoms with Crippen LogP contribution in [0.3, 0.4) is 0 Å². The maximum Gasteiger partial charge on any atom is 0.325 e. The van der Waals surface area contributed by atoms with Gasteiger partial charge in [0.1, 0.15) is 5.75 Å². The van der Waals surface area contributed by atoms with E-state index in [0.717, 1.165) is 35.3 Å². The van der Waals surface area contributed by atoms with E-state index in [1.54, 1.807) is 13.2 Å². The molecule has 0 radical (unpaired) electrons. The van der Waals surface area contributed by atoms with Gasteiger partial charge in [0.05, 0.1) is 12.7 Å². The number of urea groups is 1. The third-order valence-electron chi connectivity index (χ3n) is 5.43. The molecule has 31 heavy (non-hydrogen) atoms. The zero-order valence-corrected chi connectivity index (χ0v) is 19.0. The average Bonchev–Trinajstić information content (AvgIpc) is 2.79. The Balaban J connectivity index is 1.40. The number of carbonyl (C=O) groups is 2. The molecule has 2 aromatic rings. The molecule has 0 heterocycles. The van der Waals surface area contributed by atoms with Crippen molar-refractivity contribution in [3.63, 3.8) is 0 Å². The lowest BCUT2D eigenvalue weighted by Crippen LogP contribution is -2.40. The number of amides is 3. The quantitative estimate of drug-likeness (QED) is 0.523. The average molecular weight is 442 g/mol. The fourth-order valence-electron chi connectivity index (χ4n) is 3.69. The Hall–Kier alpha value is -2.67. The van der Waals surface area contributed by atoms with Gasteiger partial charge in [-0.3, -0.25) is 9.52 Å². The van der Waals surface area contributed by atoms with Gasteiger partial charge in [0.25, 0.3) is 5.91 Å². The number of nitrogens with one attached hydrogen (secondary N) is 3. The Morgan fingerprint density at radius 1 is 1.06 bits per heavy atom. The smallest absolute Gasteiger partial charge is 0.325 e. The second-order valence-electron chi connectivity index (χ2n) is 7.87. The summed E-state index contributed by atoms with van der Waals surface area (Å²) < 4.78 is 8.16. The van der Waals surface area contributed by atoms with Gasteiger partial charge in [-0.05, 0) is 73.5 Å². The van der Waals surface area contributed by atoms with Gasteiger partial charge in [-0.25, -0.2) is 4.79 Å². The Kier molecular flexibility index (Phi) is 8.64. The molecule has 1 saturated carbocycles. The molecule has 166 valence electrons. The third-order valence-corrected chi connectivity index (χ3v) is 6.22. The Morgan fingerprint density at radius 2 is 1.81 bits per heavy atom. The van der Waals surface area contributed by atoms with Crippen molar-refractivity contribution in [3.05, 3.63) is 59.2 Å². The van der Waals surface area contributed by atoms with E-state index in [9.17, 15) is 9.59 Å². The highest BCUT2D eigenvalue weighted by Crippen LogP contribution is 2.20. The molecule has 0 aromatic heterocycles. The molecule has 1 aliphatic rings. The predicted molar refractivity (Wildman–Crippen MR) is 125 cm³/mol. The highest BCUT2D eigenvalue weighted by atomic mass is 32.2. The normalized spacial score (nSPS) is 14.0. The van der Waals surface area contributed by atoms with E-state index in [2.05, 4.69) is 15.4 Å². The van der Waals surface area contributed by atoms with Crippen molar-refractivity contribution in [2.45, 2.75) is 56.4 Å². The van der Waals surface area contributed by atoms with Crippen LogP contribution in [0.15, 0.2) is 47.4 Å². The first kappa shape index (κ1) is 23.0. The van der Waals surface area contributed by atoms with Crippen LogP contribution in [0.4, 0.5) is 4.79 Å². The van der Waals surface area contributed by atoms with Crippen LogP contribution in [-0.2, 0) is 6.42 Å². The molecule has 3 rings (SSSR count). The molecule has 6 nitrogen and oxygen atoms in total. The van der Waals surface area contributed by atoms with Crippen molar-refractivity contribution < 1.29 is 14.3 Å². The first-order valence-electron chi connectivity index (χ1n) is 10.8. The highest BCUT2D eigenvalue weighted by Gasteiger charge is 2.15. The fraction of sp³-hybridized carbons (Fsp3) is 0.417. The first-order valence-corrected chi connectivity index (χ1v) is 11.6. The predicted octanol–water partition coefficient (Wildman–Crippen LogP) is 4.62. The molecule has 0 spiro atoms. The van der Waals surface area contributed by atoms with Crippen molar-refractivity contribution in [2.75, 3.05) is 13.7 Å². The van der Waals surface area contributed by atoms with Crippen LogP contribution < -0.4 is 20.1 Å². The van der Waals surface area contributed by atoms with Crippen LogP contribution in [0, 0.1) is 6.92 Å². The topological polar surface area (TPSA) is 79.5 Å². The lowest BCUT2D eigenvalue weighted by Gasteiger charge is -2.22. The van der Waals surface area contributed by atoms with Gasteiger partial charge in [-0.1, -0.05) is 37.5 Å². The standard InChI is InChI=1S/C24H31N3O3S/c1-17-8-13-21(22(16-17)30-2)23(28)25-15-14-18-9-11-20(12-10-18)31-27-24(29)26-19-6-4-3-5-7-19/h8-13,16,19H,3-7,14-15H2,1-2H3,(H,25,28)(H2,26,27,29). The summed E-state index contributed by atoms with van der Waals surface area (Å²) in [5.74, 6) is 0.441. The summed E-state index contributed by atoms with van der Waals surface area (Å²) in [4.78, 5) is 25.4. The Labute approximate surface area is 188 Å². The summed E-state index contributed by atoms with van der Waals surface area (Å²) >= 11 is 1.31. The number of benzene rings is 2. The number of rotatable bonds is 8. The third kappa shape index (κ3) is 7.21. The molecular weight excluding hydrogens is 410 g/mol. The Bertz CT molecular complexity index is 880. The van der Waals surface area contributed by atoms with Crippen molar-refractivity contribution >= 4 is 23.9 Å². The van der Waals surface area contributed by atoms with Crippen LogP contribution in [0.5, 0.6) is 5.75 Å². The number of hydrogen-bond donors (Lipinski definition) is 3. The molecule has 3 amide bonds. The van der Waals surface area contributed by atoms with Crippen molar-refractivity contribution in [3.8, 4) is 5.75 Å². The maximum absolute atomic E-state index is 12.4. The second-order valence-corrected chi connectivity index (χ2v) is 8.75. The zero-order chi connectivity index (χ0) is 22.1. The Morgan fingerprint density at radius 3 is 2.52 bits per heavy atom. The minimum atomic E-state index is -0.141. The van der Waals surface area contributed by atoms with Crippen molar-refractivity contribution in [2.24, 2.45) is 0 Å². The fourth-order valence-corrected chi connectivity index (χ4v) is 4.23. The summed E-state index contributed by atoms with van der Waals surface area (Å²) in [7, 11) is 1.57. The molecule has 3 N–H and O–H groups in total. The molecule has 0 atom stereocenters. The first-order chi connectivity index (χ1) is 15.0. The second kappa shape index (κ2) is 11.6. The van der Waals surface area contributed by atoms with E-state index in [1.165, 1.54) is 31.2 Å². The number of methoxy groups -OCH3 is 1. The molecular formula is C24H31N3O3S. The zero-order valence-electron chi connectivity index (χ0n) is 18.2. The minimum Gasteiger partial charge on any atom is -0.496 e. The minimum absolute atomic E-state index is 0.129. The number of aryl methyl sites for hydroxylation is 1. The molecule has 0 unspecified atom stereocenters. The largest absolute Gasteiger partial charge is 0.496 e. The van der Waals surface area contributed by atoms with Gasteiger partial charge in [-0.15, -0.1) is 0 Å². The molecule has 0 saturated heterocycles. The molecule has 0 aliphatic heterocycles. The van der Waals surface area contributed by atoms with Gasteiger partial charge in [0, 0.05) is 17.5 Å². The highest BCUT2D eigenvalue weighted by molar-refractivity contribution is 7.98. The lowest BCUT2D eigenvalue weighted by molar-refractivity contribution is 0.0951. The number of carbonyl (C=O) groups excluding carboxylic acids is 2. The van der Waals surface area contributed by atoms with Gasteiger partial charge in [0.15, 0.2) is 0 Å². The van der Waals surface area contributed by atoms with Crippen LogP contribution in [-0.4, -0.2) is 31.6 Å². The van der Waals surface area contributed by atoms with Crippen molar-refractivity contribution in [1.29, 1.82) is 0 Å². The van der Waals surface area contributed by atoms with Crippen LogP contribution in [0.2, 0.25) is 0 Å². The molecule has 0 bridgehead atoms. The SMILES string of the molecule is COc1cc(C)ccc1C(=O)NCCc1ccc(SNC(=O)NC2CCCCC2)cc1. The summed E-state index contributed by atoms with van der Waals surface area (Å²) in [6.45, 7) is 2.50. The molecule has 1 aliphatic carbocycles. The summed E-state index contributed by atoms with van der Waals surface area (Å²) in [6.07, 6.45) is 6.52. The van der Waals surface area contributed by atoms with Gasteiger partial charge < -0.3 is 15.4 Å². The molecule has 1 fully saturated rings. The van der Waals surface area contributed by atoms with E-state index in [1.807, 2.05) is 43.3 Å². The number of hydrogen-bond acceptors (Lipinski definition) is 4. The molecule has 7 heteroatoms. The van der Waals surface area contributed by atoms with Gasteiger partial charge in [-0.2, -0.15) is 0 Å². The van der Waals surface area contributed by atoms with E-state index in [0.29, 0.717) is 23.9 Å². The monoisotopic (exact) mass is 441 g/mol. The lowest BCUT2D eigenvalue weighted by atomic mass is 9.96. The van der Waals surface area contributed by atoms with Crippen LogP contribution >= 0.6 is 11.9 Å². The van der Waals surface area contributed by atoms with Crippen LogP contribution in [0.25, 0.3) is 0 Å².